The van der Waals surface area contributed by atoms with Crippen molar-refractivity contribution >= 4 is 0 Å². The van der Waals surface area contributed by atoms with Gasteiger partial charge in [-0.3, -0.25) is 4.79 Å². The van der Waals surface area contributed by atoms with Crippen LogP contribution in [0.2, 0.25) is 0 Å². The number of nitrogens with two attached hydrogens (primary N) is 1. The summed E-state index contributed by atoms with van der Waals surface area (Å²) in [5, 5.41) is 4.43. The SMILES string of the molecule is CC(C)Cn1nc(C(N)c2ccc(C(C)C)cc2)ccc1=O. The van der Waals surface area contributed by atoms with E-state index in [4.69, 9.17) is 5.73 Å². The summed E-state index contributed by atoms with van der Waals surface area (Å²) in [6, 6.07) is 11.2. The molecule has 2 aromatic rings. The fourth-order valence-electron chi connectivity index (χ4n) is 2.37. The highest BCUT2D eigenvalue weighted by atomic mass is 16.1. The van der Waals surface area contributed by atoms with Crippen molar-refractivity contribution in [1.82, 2.24) is 9.78 Å². The van der Waals surface area contributed by atoms with Gasteiger partial charge >= 0.3 is 0 Å². The van der Waals surface area contributed by atoms with Gasteiger partial charge in [0.2, 0.25) is 0 Å². The molecule has 0 amide bonds. The molecule has 1 heterocycles. The van der Waals surface area contributed by atoms with Crippen LogP contribution in [0.25, 0.3) is 0 Å². The largest absolute Gasteiger partial charge is 0.319 e. The van der Waals surface area contributed by atoms with Crippen molar-refractivity contribution in [3.8, 4) is 0 Å². The highest BCUT2D eigenvalue weighted by molar-refractivity contribution is 5.30. The van der Waals surface area contributed by atoms with Crippen LogP contribution in [-0.2, 0) is 6.54 Å². The van der Waals surface area contributed by atoms with Crippen molar-refractivity contribution in [2.75, 3.05) is 0 Å². The summed E-state index contributed by atoms with van der Waals surface area (Å²) in [6.07, 6.45) is 0. The van der Waals surface area contributed by atoms with Crippen molar-refractivity contribution in [2.45, 2.75) is 46.2 Å². The van der Waals surface area contributed by atoms with Gasteiger partial charge in [-0.25, -0.2) is 4.68 Å². The average molecular weight is 299 g/mol. The number of hydrogen-bond donors (Lipinski definition) is 1. The molecule has 4 heteroatoms. The molecule has 0 spiro atoms. The Morgan fingerprint density at radius 2 is 1.59 bits per heavy atom. The van der Waals surface area contributed by atoms with Crippen LogP contribution < -0.4 is 11.3 Å². The van der Waals surface area contributed by atoms with Gasteiger partial charge in [0.25, 0.3) is 5.56 Å². The summed E-state index contributed by atoms with van der Waals surface area (Å²) < 4.78 is 1.50. The van der Waals surface area contributed by atoms with Crippen molar-refractivity contribution in [2.24, 2.45) is 11.7 Å². The summed E-state index contributed by atoms with van der Waals surface area (Å²) in [5.74, 6) is 0.860. The van der Waals surface area contributed by atoms with E-state index in [0.717, 1.165) is 11.3 Å². The molecule has 1 atom stereocenters. The molecule has 22 heavy (non-hydrogen) atoms. The van der Waals surface area contributed by atoms with Crippen LogP contribution in [0, 0.1) is 5.92 Å². The van der Waals surface area contributed by atoms with Crippen LogP contribution in [0.1, 0.15) is 56.5 Å². The van der Waals surface area contributed by atoms with Gasteiger partial charge < -0.3 is 5.73 Å². The number of nitrogens with zero attached hydrogens (tertiary/aromatic N) is 2. The third-order valence-electron chi connectivity index (χ3n) is 3.71. The predicted molar refractivity (Wildman–Crippen MR) is 89.9 cm³/mol. The molecular weight excluding hydrogens is 274 g/mol. The lowest BCUT2D eigenvalue weighted by atomic mass is 9.98. The highest BCUT2D eigenvalue weighted by Gasteiger charge is 2.13. The first kappa shape index (κ1) is 16.4. The molecule has 0 radical (unpaired) electrons. The zero-order chi connectivity index (χ0) is 16.3. The second-order valence-corrected chi connectivity index (χ2v) is 6.47. The summed E-state index contributed by atoms with van der Waals surface area (Å²) in [4.78, 5) is 11.8. The van der Waals surface area contributed by atoms with Crippen LogP contribution in [0.15, 0.2) is 41.2 Å². The Hall–Kier alpha value is -1.94. The zero-order valence-corrected chi connectivity index (χ0v) is 13.8. The molecule has 0 aliphatic heterocycles. The van der Waals surface area contributed by atoms with Crippen LogP contribution in [0.4, 0.5) is 0 Å². The molecule has 118 valence electrons. The average Bonchev–Trinajstić information content (AvgIpc) is 2.48. The van der Waals surface area contributed by atoms with Crippen LogP contribution in [0.5, 0.6) is 0 Å². The van der Waals surface area contributed by atoms with E-state index in [1.165, 1.54) is 10.2 Å². The minimum Gasteiger partial charge on any atom is -0.319 e. The van der Waals surface area contributed by atoms with Crippen molar-refractivity contribution < 1.29 is 0 Å². The van der Waals surface area contributed by atoms with Gasteiger partial charge in [0.15, 0.2) is 0 Å². The van der Waals surface area contributed by atoms with E-state index < -0.39 is 0 Å². The van der Waals surface area contributed by atoms with E-state index in [-0.39, 0.29) is 11.6 Å². The van der Waals surface area contributed by atoms with E-state index in [0.29, 0.717) is 18.4 Å². The van der Waals surface area contributed by atoms with Gasteiger partial charge in [-0.2, -0.15) is 5.10 Å². The van der Waals surface area contributed by atoms with Gasteiger partial charge in [0.1, 0.15) is 0 Å². The Bertz CT molecular complexity index is 671. The van der Waals surface area contributed by atoms with Gasteiger partial charge in [0, 0.05) is 12.6 Å². The first-order chi connectivity index (χ1) is 10.4. The number of aromatic nitrogens is 2. The molecular formula is C18H25N3O. The lowest BCUT2D eigenvalue weighted by molar-refractivity contribution is 0.455. The molecule has 0 fully saturated rings. The predicted octanol–water partition coefficient (Wildman–Crippen LogP) is 3.07. The Balaban J connectivity index is 2.28. The van der Waals surface area contributed by atoms with Crippen LogP contribution in [-0.4, -0.2) is 9.78 Å². The minimum atomic E-state index is -0.319. The van der Waals surface area contributed by atoms with Crippen molar-refractivity contribution in [1.29, 1.82) is 0 Å². The standard InChI is InChI=1S/C18H25N3O/c1-12(2)11-21-17(22)10-9-16(20-21)18(19)15-7-5-14(6-8-15)13(3)4/h5-10,12-13,18H,11,19H2,1-4H3. The number of hydrogen-bond acceptors (Lipinski definition) is 3. The Kier molecular flexibility index (Phi) is 5.14. The highest BCUT2D eigenvalue weighted by Crippen LogP contribution is 2.20. The third-order valence-corrected chi connectivity index (χ3v) is 3.71. The molecule has 0 saturated heterocycles. The van der Waals surface area contributed by atoms with E-state index >= 15 is 0 Å². The first-order valence-electron chi connectivity index (χ1n) is 7.82. The quantitative estimate of drug-likeness (QED) is 0.923. The maximum absolute atomic E-state index is 11.8. The van der Waals surface area contributed by atoms with Gasteiger partial charge in [-0.05, 0) is 29.0 Å². The Labute approximate surface area is 132 Å². The Morgan fingerprint density at radius 1 is 1.00 bits per heavy atom. The number of rotatable bonds is 5. The molecule has 1 aromatic carbocycles. The first-order valence-corrected chi connectivity index (χ1v) is 7.82. The third kappa shape index (κ3) is 3.83. The van der Waals surface area contributed by atoms with E-state index in [2.05, 4.69) is 44.9 Å². The summed E-state index contributed by atoms with van der Waals surface area (Å²) in [5.41, 5.74) is 9.24. The lowest BCUT2D eigenvalue weighted by Gasteiger charge is -2.15. The van der Waals surface area contributed by atoms with Crippen LogP contribution in [0.3, 0.4) is 0 Å². The summed E-state index contributed by atoms with van der Waals surface area (Å²) in [6.45, 7) is 9.05. The fraction of sp³-hybridized carbons (Fsp3) is 0.444. The van der Waals surface area contributed by atoms with Gasteiger partial charge in [0.05, 0.1) is 11.7 Å². The molecule has 0 aliphatic carbocycles. The summed E-state index contributed by atoms with van der Waals surface area (Å²) in [7, 11) is 0. The van der Waals surface area contributed by atoms with E-state index in [1.54, 1.807) is 12.1 Å². The lowest BCUT2D eigenvalue weighted by Crippen LogP contribution is -2.27. The monoisotopic (exact) mass is 299 g/mol. The molecule has 4 nitrogen and oxygen atoms in total. The molecule has 1 aromatic heterocycles. The zero-order valence-electron chi connectivity index (χ0n) is 13.8. The van der Waals surface area contributed by atoms with E-state index in [9.17, 15) is 4.79 Å². The molecule has 0 saturated carbocycles. The van der Waals surface area contributed by atoms with Crippen LogP contribution >= 0.6 is 0 Å². The van der Waals surface area contributed by atoms with Gasteiger partial charge in [-0.1, -0.05) is 52.0 Å². The van der Waals surface area contributed by atoms with Crippen molar-refractivity contribution in [3.05, 3.63) is 63.6 Å². The maximum Gasteiger partial charge on any atom is 0.266 e. The molecule has 1 unspecified atom stereocenters. The smallest absolute Gasteiger partial charge is 0.266 e. The molecule has 2 N–H and O–H groups in total. The second-order valence-electron chi connectivity index (χ2n) is 6.47. The van der Waals surface area contributed by atoms with E-state index in [1.807, 2.05) is 12.1 Å². The minimum absolute atomic E-state index is 0.0835. The fourth-order valence-corrected chi connectivity index (χ4v) is 2.37. The maximum atomic E-state index is 11.8. The van der Waals surface area contributed by atoms with Crippen molar-refractivity contribution in [3.63, 3.8) is 0 Å². The molecule has 0 aliphatic rings. The summed E-state index contributed by atoms with van der Waals surface area (Å²) >= 11 is 0. The topological polar surface area (TPSA) is 60.9 Å². The molecule has 0 bridgehead atoms. The molecule has 2 rings (SSSR count). The van der Waals surface area contributed by atoms with Gasteiger partial charge in [-0.15, -0.1) is 0 Å². The normalized spacial score (nSPS) is 12.9. The Morgan fingerprint density at radius 3 is 2.14 bits per heavy atom. The number of benzene rings is 1. The second kappa shape index (κ2) is 6.88.